The third-order valence-electron chi connectivity index (χ3n) is 3.87. The summed E-state index contributed by atoms with van der Waals surface area (Å²) >= 11 is 0. The molecule has 1 saturated heterocycles. The Bertz CT molecular complexity index is 652. The number of likely N-dealkylation sites (tertiary alicyclic amines) is 1. The Labute approximate surface area is 136 Å². The summed E-state index contributed by atoms with van der Waals surface area (Å²) < 4.78 is 1.86. The molecule has 1 aliphatic rings. The third kappa shape index (κ3) is 3.90. The van der Waals surface area contributed by atoms with Crippen LogP contribution in [0.4, 0.5) is 0 Å². The van der Waals surface area contributed by atoms with Crippen molar-refractivity contribution in [1.82, 2.24) is 20.0 Å². The van der Waals surface area contributed by atoms with Gasteiger partial charge in [0, 0.05) is 31.4 Å². The fourth-order valence-corrected chi connectivity index (χ4v) is 2.69. The van der Waals surface area contributed by atoms with Crippen LogP contribution >= 0.6 is 0 Å². The second-order valence-electron chi connectivity index (χ2n) is 5.69. The van der Waals surface area contributed by atoms with E-state index in [0.717, 1.165) is 36.7 Å². The minimum absolute atomic E-state index is 0.250. The second kappa shape index (κ2) is 7.28. The Kier molecular flexibility index (Phi) is 4.92. The van der Waals surface area contributed by atoms with Crippen molar-refractivity contribution in [1.29, 1.82) is 0 Å². The van der Waals surface area contributed by atoms with E-state index in [-0.39, 0.29) is 6.10 Å². The summed E-state index contributed by atoms with van der Waals surface area (Å²) in [5.74, 6) is 0.858. The summed E-state index contributed by atoms with van der Waals surface area (Å²) in [7, 11) is 0. The molecule has 122 valence electrons. The topological polar surface area (TPSA) is 65.7 Å². The van der Waals surface area contributed by atoms with Gasteiger partial charge in [0.05, 0.1) is 24.5 Å². The van der Waals surface area contributed by atoms with Crippen LogP contribution in [-0.2, 0) is 6.54 Å². The first-order valence-electron chi connectivity index (χ1n) is 8.06. The first kappa shape index (κ1) is 15.6. The molecule has 0 unspecified atom stereocenters. The highest BCUT2D eigenvalue weighted by Gasteiger charge is 2.22. The van der Waals surface area contributed by atoms with E-state index in [0.29, 0.717) is 13.1 Å². The molecular formula is C17H23N5O. The molecule has 1 aromatic carbocycles. The standard InChI is InChI=1S/C17H23N5O/c1-2-18-17(21-9-8-16(23)13-21)19-10-14-11-20-22(12-14)15-6-4-3-5-7-15/h3-7,11-12,16,23H,2,8-10,13H2,1H3,(H,18,19)/t16-/m1/s1. The summed E-state index contributed by atoms with van der Waals surface area (Å²) in [6, 6.07) is 10.0. The van der Waals surface area contributed by atoms with Crippen molar-refractivity contribution >= 4 is 5.96 Å². The lowest BCUT2D eigenvalue weighted by Crippen LogP contribution is -2.40. The van der Waals surface area contributed by atoms with Crippen molar-refractivity contribution < 1.29 is 5.11 Å². The van der Waals surface area contributed by atoms with Crippen molar-refractivity contribution in [3.05, 3.63) is 48.3 Å². The van der Waals surface area contributed by atoms with Crippen molar-refractivity contribution in [3.63, 3.8) is 0 Å². The minimum Gasteiger partial charge on any atom is -0.391 e. The number of aliphatic imine (C=N–C) groups is 1. The van der Waals surface area contributed by atoms with Crippen LogP contribution < -0.4 is 5.32 Å². The molecule has 0 bridgehead atoms. The monoisotopic (exact) mass is 313 g/mol. The third-order valence-corrected chi connectivity index (χ3v) is 3.87. The second-order valence-corrected chi connectivity index (χ2v) is 5.69. The van der Waals surface area contributed by atoms with Crippen LogP contribution in [-0.4, -0.2) is 51.5 Å². The highest BCUT2D eigenvalue weighted by atomic mass is 16.3. The lowest BCUT2D eigenvalue weighted by atomic mass is 10.3. The van der Waals surface area contributed by atoms with E-state index < -0.39 is 0 Å². The van der Waals surface area contributed by atoms with Gasteiger partial charge >= 0.3 is 0 Å². The van der Waals surface area contributed by atoms with E-state index in [2.05, 4.69) is 27.2 Å². The Balaban J connectivity index is 1.69. The number of benzene rings is 1. The molecule has 1 fully saturated rings. The number of aliphatic hydroxyl groups is 1. The van der Waals surface area contributed by atoms with Crippen molar-refractivity contribution in [2.24, 2.45) is 4.99 Å². The first-order valence-corrected chi connectivity index (χ1v) is 8.06. The number of hydrogen-bond acceptors (Lipinski definition) is 3. The van der Waals surface area contributed by atoms with Gasteiger partial charge in [0.2, 0.25) is 0 Å². The quantitative estimate of drug-likeness (QED) is 0.661. The van der Waals surface area contributed by atoms with Gasteiger partial charge in [0.1, 0.15) is 0 Å². The largest absolute Gasteiger partial charge is 0.391 e. The number of nitrogens with zero attached hydrogens (tertiary/aromatic N) is 4. The summed E-state index contributed by atoms with van der Waals surface area (Å²) in [6.45, 7) is 4.93. The number of hydrogen-bond donors (Lipinski definition) is 2. The zero-order valence-electron chi connectivity index (χ0n) is 13.4. The highest BCUT2D eigenvalue weighted by Crippen LogP contribution is 2.11. The maximum absolute atomic E-state index is 9.69. The molecule has 3 rings (SSSR count). The van der Waals surface area contributed by atoms with Crippen LogP contribution in [0.3, 0.4) is 0 Å². The van der Waals surface area contributed by atoms with Gasteiger partial charge in [-0.25, -0.2) is 9.67 Å². The average Bonchev–Trinajstić information content (AvgIpc) is 3.21. The molecule has 1 atom stereocenters. The van der Waals surface area contributed by atoms with E-state index in [1.807, 2.05) is 47.4 Å². The normalized spacial score (nSPS) is 18.4. The fourth-order valence-electron chi connectivity index (χ4n) is 2.69. The maximum atomic E-state index is 9.69. The van der Waals surface area contributed by atoms with Gasteiger partial charge in [0.25, 0.3) is 0 Å². The molecule has 0 saturated carbocycles. The molecule has 6 heteroatoms. The highest BCUT2D eigenvalue weighted by molar-refractivity contribution is 5.80. The molecule has 0 spiro atoms. The molecule has 6 nitrogen and oxygen atoms in total. The van der Waals surface area contributed by atoms with Gasteiger partial charge in [0.15, 0.2) is 5.96 Å². The average molecular weight is 313 g/mol. The van der Waals surface area contributed by atoms with Crippen molar-refractivity contribution in [2.45, 2.75) is 26.0 Å². The molecule has 1 aromatic heterocycles. The van der Waals surface area contributed by atoms with Gasteiger partial charge in [-0.1, -0.05) is 18.2 Å². The number of aliphatic hydroxyl groups excluding tert-OH is 1. The summed E-state index contributed by atoms with van der Waals surface area (Å²) in [4.78, 5) is 6.78. The number of para-hydroxylation sites is 1. The van der Waals surface area contributed by atoms with Crippen LogP contribution in [0.25, 0.3) is 5.69 Å². The first-order chi connectivity index (χ1) is 11.3. The van der Waals surface area contributed by atoms with Gasteiger partial charge in [-0.05, 0) is 25.5 Å². The Hall–Kier alpha value is -2.34. The van der Waals surface area contributed by atoms with Crippen LogP contribution in [0.2, 0.25) is 0 Å². The van der Waals surface area contributed by atoms with Gasteiger partial charge < -0.3 is 15.3 Å². The summed E-state index contributed by atoms with van der Waals surface area (Å²) in [6.07, 6.45) is 4.40. The van der Waals surface area contributed by atoms with Crippen molar-refractivity contribution in [3.8, 4) is 5.69 Å². The molecule has 0 radical (unpaired) electrons. The Morgan fingerprint density at radius 1 is 1.39 bits per heavy atom. The number of aromatic nitrogens is 2. The lowest BCUT2D eigenvalue weighted by Gasteiger charge is -2.20. The fraction of sp³-hybridized carbons (Fsp3) is 0.412. The van der Waals surface area contributed by atoms with Crippen molar-refractivity contribution in [2.75, 3.05) is 19.6 Å². The van der Waals surface area contributed by atoms with Crippen LogP contribution in [0.15, 0.2) is 47.7 Å². The molecule has 2 N–H and O–H groups in total. The van der Waals surface area contributed by atoms with Gasteiger partial charge in [-0.15, -0.1) is 0 Å². The minimum atomic E-state index is -0.250. The van der Waals surface area contributed by atoms with E-state index in [1.54, 1.807) is 0 Å². The zero-order valence-corrected chi connectivity index (χ0v) is 13.4. The van der Waals surface area contributed by atoms with Gasteiger partial charge in [-0.3, -0.25) is 0 Å². The molecular weight excluding hydrogens is 290 g/mol. The van der Waals surface area contributed by atoms with Crippen LogP contribution in [0.5, 0.6) is 0 Å². The molecule has 23 heavy (non-hydrogen) atoms. The molecule has 2 heterocycles. The number of β-amino-alcohol motifs (C(OH)–C–C–N with tert-alkyl or cyclic N) is 1. The summed E-state index contributed by atoms with van der Waals surface area (Å²) in [5.41, 5.74) is 2.10. The van der Waals surface area contributed by atoms with E-state index in [4.69, 9.17) is 0 Å². The van der Waals surface area contributed by atoms with Crippen LogP contribution in [0.1, 0.15) is 18.9 Å². The number of nitrogens with one attached hydrogen (secondary N) is 1. The zero-order chi connectivity index (χ0) is 16.1. The van der Waals surface area contributed by atoms with Gasteiger partial charge in [-0.2, -0.15) is 5.10 Å². The van der Waals surface area contributed by atoms with E-state index in [1.165, 1.54) is 0 Å². The Morgan fingerprint density at radius 2 is 2.22 bits per heavy atom. The number of guanidine groups is 1. The van der Waals surface area contributed by atoms with Crippen LogP contribution in [0, 0.1) is 0 Å². The smallest absolute Gasteiger partial charge is 0.194 e. The van der Waals surface area contributed by atoms with E-state index >= 15 is 0 Å². The molecule has 0 amide bonds. The molecule has 1 aliphatic heterocycles. The predicted octanol–water partition coefficient (Wildman–Crippen LogP) is 1.40. The predicted molar refractivity (Wildman–Crippen MR) is 90.6 cm³/mol. The lowest BCUT2D eigenvalue weighted by molar-refractivity contribution is 0.188. The number of rotatable bonds is 4. The van der Waals surface area contributed by atoms with E-state index in [9.17, 15) is 5.11 Å². The Morgan fingerprint density at radius 3 is 2.91 bits per heavy atom. The summed E-state index contributed by atoms with van der Waals surface area (Å²) in [5, 5.41) is 17.4. The maximum Gasteiger partial charge on any atom is 0.194 e. The molecule has 0 aliphatic carbocycles. The molecule has 2 aromatic rings. The SMILES string of the molecule is CCNC(=NCc1cnn(-c2ccccc2)c1)N1CC[C@@H](O)C1.